The summed E-state index contributed by atoms with van der Waals surface area (Å²) in [6.45, 7) is 6.76. The topological polar surface area (TPSA) is 84.7 Å². The normalized spacial score (nSPS) is 11.0. The third-order valence-electron chi connectivity index (χ3n) is 4.27. The largest absolute Gasteiger partial charge is 0.385 e. The van der Waals surface area contributed by atoms with Crippen LogP contribution >= 0.6 is 11.6 Å². The molecule has 1 aromatic heterocycles. The summed E-state index contributed by atoms with van der Waals surface area (Å²) >= 11 is 6.25. The molecule has 0 bridgehead atoms. The van der Waals surface area contributed by atoms with Crippen molar-refractivity contribution < 1.29 is 14.3 Å². The number of amides is 2. The number of benzene rings is 1. The number of hydrogen-bond acceptors (Lipinski definition) is 4. The van der Waals surface area contributed by atoms with E-state index in [4.69, 9.17) is 16.3 Å². The van der Waals surface area contributed by atoms with E-state index in [1.54, 1.807) is 7.11 Å². The van der Waals surface area contributed by atoms with E-state index in [1.807, 2.05) is 45.0 Å². The zero-order valence-corrected chi connectivity index (χ0v) is 17.3. The molecule has 28 heavy (non-hydrogen) atoms. The number of nitrogens with one attached hydrogen (secondary N) is 2. The van der Waals surface area contributed by atoms with Crippen LogP contribution in [-0.4, -0.2) is 42.9 Å². The lowest BCUT2D eigenvalue weighted by molar-refractivity contribution is -0.139. The maximum absolute atomic E-state index is 11.8. The predicted octanol–water partition coefficient (Wildman–Crippen LogP) is 2.66. The van der Waals surface area contributed by atoms with Crippen LogP contribution in [0.3, 0.4) is 0 Å². The van der Waals surface area contributed by atoms with Crippen molar-refractivity contribution in [2.45, 2.75) is 27.2 Å². The van der Waals surface area contributed by atoms with E-state index in [2.05, 4.69) is 20.4 Å². The van der Waals surface area contributed by atoms with Crippen LogP contribution < -0.4 is 10.7 Å². The molecule has 0 unspecified atom stereocenters. The number of methoxy groups -OCH3 is 1. The molecule has 0 atom stereocenters. The number of aryl methyl sites for hydroxylation is 2. The van der Waals surface area contributed by atoms with E-state index in [1.165, 1.54) is 6.21 Å². The van der Waals surface area contributed by atoms with Crippen molar-refractivity contribution in [2.24, 2.45) is 5.10 Å². The Labute approximate surface area is 169 Å². The number of aromatic nitrogens is 1. The molecule has 2 rings (SSSR count). The molecule has 0 spiro atoms. The van der Waals surface area contributed by atoms with Gasteiger partial charge in [-0.1, -0.05) is 17.7 Å². The van der Waals surface area contributed by atoms with E-state index in [0.29, 0.717) is 24.6 Å². The SMILES string of the molecule is COCCCNC(=O)C(=O)N/N=C\c1cc(C)n(-c2ccc(C)c(Cl)c2)c1C. The van der Waals surface area contributed by atoms with Gasteiger partial charge in [0.15, 0.2) is 0 Å². The highest BCUT2D eigenvalue weighted by Crippen LogP contribution is 2.24. The van der Waals surface area contributed by atoms with Gasteiger partial charge in [-0.05, 0) is 51.0 Å². The summed E-state index contributed by atoms with van der Waals surface area (Å²) in [5, 5.41) is 7.10. The first-order chi connectivity index (χ1) is 13.3. The summed E-state index contributed by atoms with van der Waals surface area (Å²) in [4.78, 5) is 23.4. The highest BCUT2D eigenvalue weighted by Gasteiger charge is 2.13. The average molecular weight is 405 g/mol. The van der Waals surface area contributed by atoms with Gasteiger partial charge in [-0.25, -0.2) is 5.43 Å². The average Bonchev–Trinajstić information content (AvgIpc) is 2.94. The van der Waals surface area contributed by atoms with Gasteiger partial charge in [0.2, 0.25) is 0 Å². The number of rotatable bonds is 7. The number of hydrazone groups is 1. The van der Waals surface area contributed by atoms with Gasteiger partial charge in [-0.2, -0.15) is 5.10 Å². The van der Waals surface area contributed by atoms with E-state index in [0.717, 1.165) is 28.2 Å². The second-order valence-electron chi connectivity index (χ2n) is 6.40. The fourth-order valence-corrected chi connectivity index (χ4v) is 2.92. The van der Waals surface area contributed by atoms with Gasteiger partial charge in [-0.3, -0.25) is 9.59 Å². The van der Waals surface area contributed by atoms with Gasteiger partial charge in [0, 0.05) is 47.9 Å². The van der Waals surface area contributed by atoms with E-state index in [9.17, 15) is 9.59 Å². The van der Waals surface area contributed by atoms with Crippen molar-refractivity contribution in [2.75, 3.05) is 20.3 Å². The molecule has 0 saturated heterocycles. The summed E-state index contributed by atoms with van der Waals surface area (Å²) in [6.07, 6.45) is 2.15. The smallest absolute Gasteiger partial charge is 0.329 e. The van der Waals surface area contributed by atoms with Crippen LogP contribution in [0.1, 0.15) is 28.9 Å². The highest BCUT2D eigenvalue weighted by molar-refractivity contribution is 6.35. The Morgan fingerprint density at radius 1 is 1.21 bits per heavy atom. The third kappa shape index (κ3) is 5.43. The second-order valence-corrected chi connectivity index (χ2v) is 6.80. The second kappa shape index (κ2) is 10.1. The molecule has 2 aromatic rings. The van der Waals surface area contributed by atoms with Crippen molar-refractivity contribution in [3.8, 4) is 5.69 Å². The van der Waals surface area contributed by atoms with Gasteiger partial charge in [0.05, 0.1) is 6.21 Å². The quantitative estimate of drug-likeness (QED) is 0.322. The zero-order chi connectivity index (χ0) is 20.7. The maximum atomic E-state index is 11.8. The Hall–Kier alpha value is -2.64. The van der Waals surface area contributed by atoms with Crippen molar-refractivity contribution >= 4 is 29.6 Å². The molecule has 0 radical (unpaired) electrons. The molecular formula is C20H25ClN4O3. The van der Waals surface area contributed by atoms with Crippen LogP contribution in [0.15, 0.2) is 29.4 Å². The lowest BCUT2D eigenvalue weighted by Gasteiger charge is -2.11. The van der Waals surface area contributed by atoms with Gasteiger partial charge in [0.25, 0.3) is 0 Å². The molecule has 1 heterocycles. The molecule has 2 amide bonds. The van der Waals surface area contributed by atoms with Crippen LogP contribution in [0.2, 0.25) is 5.02 Å². The number of halogens is 1. The molecule has 0 fully saturated rings. The number of carbonyl (C=O) groups excluding carboxylic acids is 2. The number of nitrogens with zero attached hydrogens (tertiary/aromatic N) is 2. The van der Waals surface area contributed by atoms with E-state index in [-0.39, 0.29) is 0 Å². The predicted molar refractivity (Wildman–Crippen MR) is 110 cm³/mol. The third-order valence-corrected chi connectivity index (χ3v) is 4.68. The molecule has 1 aromatic carbocycles. The lowest BCUT2D eigenvalue weighted by atomic mass is 10.2. The maximum Gasteiger partial charge on any atom is 0.329 e. The fourth-order valence-electron chi connectivity index (χ4n) is 2.75. The Balaban J connectivity index is 2.04. The van der Waals surface area contributed by atoms with Crippen LogP contribution in [0.4, 0.5) is 0 Å². The lowest BCUT2D eigenvalue weighted by Crippen LogP contribution is -2.38. The summed E-state index contributed by atoms with van der Waals surface area (Å²) in [5.41, 5.74) is 6.98. The van der Waals surface area contributed by atoms with Crippen LogP contribution in [-0.2, 0) is 14.3 Å². The van der Waals surface area contributed by atoms with Crippen LogP contribution in [0.5, 0.6) is 0 Å². The first kappa shape index (κ1) is 21.7. The monoisotopic (exact) mass is 404 g/mol. The summed E-state index contributed by atoms with van der Waals surface area (Å²) in [6, 6.07) is 7.82. The fraction of sp³-hybridized carbons (Fsp3) is 0.350. The Kier molecular flexibility index (Phi) is 7.78. The van der Waals surface area contributed by atoms with Crippen LogP contribution in [0, 0.1) is 20.8 Å². The number of carbonyl (C=O) groups is 2. The molecule has 150 valence electrons. The van der Waals surface area contributed by atoms with Crippen molar-refractivity contribution in [1.29, 1.82) is 0 Å². The molecule has 7 nitrogen and oxygen atoms in total. The first-order valence-electron chi connectivity index (χ1n) is 8.90. The van der Waals surface area contributed by atoms with Gasteiger partial charge in [-0.15, -0.1) is 0 Å². The number of hydrogen-bond donors (Lipinski definition) is 2. The standard InChI is InChI=1S/C20H25ClN4O3/c1-13-6-7-17(11-18(13)21)25-14(2)10-16(15(25)3)12-23-24-20(27)19(26)22-8-5-9-28-4/h6-7,10-12H,5,8-9H2,1-4H3,(H,22,26)(H,24,27)/b23-12-. The minimum atomic E-state index is -0.812. The molecule has 0 aliphatic carbocycles. The molecule has 8 heteroatoms. The Morgan fingerprint density at radius 3 is 2.64 bits per heavy atom. The van der Waals surface area contributed by atoms with Gasteiger partial charge < -0.3 is 14.6 Å². The molecule has 0 aliphatic heterocycles. The Morgan fingerprint density at radius 2 is 1.96 bits per heavy atom. The van der Waals surface area contributed by atoms with Crippen molar-refractivity contribution in [3.05, 3.63) is 51.8 Å². The summed E-state index contributed by atoms with van der Waals surface area (Å²) < 4.78 is 6.93. The molecule has 2 N–H and O–H groups in total. The molecule has 0 saturated carbocycles. The first-order valence-corrected chi connectivity index (χ1v) is 9.28. The zero-order valence-electron chi connectivity index (χ0n) is 16.5. The minimum absolute atomic E-state index is 0.365. The molecule has 0 aliphatic rings. The minimum Gasteiger partial charge on any atom is -0.385 e. The molecular weight excluding hydrogens is 380 g/mol. The Bertz CT molecular complexity index is 890. The summed E-state index contributed by atoms with van der Waals surface area (Å²) in [7, 11) is 1.58. The van der Waals surface area contributed by atoms with Gasteiger partial charge in [0.1, 0.15) is 0 Å². The van der Waals surface area contributed by atoms with E-state index >= 15 is 0 Å². The van der Waals surface area contributed by atoms with Crippen LogP contribution in [0.25, 0.3) is 5.69 Å². The number of ether oxygens (including phenoxy) is 1. The summed E-state index contributed by atoms with van der Waals surface area (Å²) in [5.74, 6) is -1.54. The van der Waals surface area contributed by atoms with Crippen molar-refractivity contribution in [1.82, 2.24) is 15.3 Å². The van der Waals surface area contributed by atoms with Gasteiger partial charge >= 0.3 is 11.8 Å². The van der Waals surface area contributed by atoms with Crippen molar-refractivity contribution in [3.63, 3.8) is 0 Å². The van der Waals surface area contributed by atoms with E-state index < -0.39 is 11.8 Å². The highest BCUT2D eigenvalue weighted by atomic mass is 35.5.